The third kappa shape index (κ3) is 3.67. The summed E-state index contributed by atoms with van der Waals surface area (Å²) in [6.45, 7) is 3.23. The molecule has 2 atom stereocenters. The van der Waals surface area contributed by atoms with E-state index in [4.69, 9.17) is 37.7 Å². The Balaban J connectivity index is 1.16. The third-order valence-corrected chi connectivity index (χ3v) is 8.34. The van der Waals surface area contributed by atoms with E-state index in [1.165, 1.54) is 5.56 Å². The molecule has 1 saturated carbocycles. The molecule has 7 rings (SSSR count). The van der Waals surface area contributed by atoms with Crippen LogP contribution in [-0.2, 0) is 9.47 Å². The van der Waals surface area contributed by atoms with E-state index in [-0.39, 0.29) is 0 Å². The third-order valence-electron chi connectivity index (χ3n) is 7.63. The largest absolute Gasteiger partial charge is 0.378 e. The molecule has 178 valence electrons. The first-order valence-electron chi connectivity index (χ1n) is 12.0. The van der Waals surface area contributed by atoms with Crippen LogP contribution in [0.2, 0.25) is 10.2 Å². The normalized spacial score (nSPS) is 27.6. The van der Waals surface area contributed by atoms with Gasteiger partial charge in [0, 0.05) is 28.7 Å². The molecule has 0 radical (unpaired) electrons. The number of benzene rings is 1. The van der Waals surface area contributed by atoms with Gasteiger partial charge in [-0.05, 0) is 49.3 Å². The first-order valence-corrected chi connectivity index (χ1v) is 12.8. The fourth-order valence-electron chi connectivity index (χ4n) is 5.75. The van der Waals surface area contributed by atoms with Crippen LogP contribution in [-0.4, -0.2) is 69.2 Å². The standard InChI is InChI=1S/C24H26Cl2N6O2/c25-20-5-14-7-27-24(30-22-8-28-32(23(22)26)15-1-2-15)29-21(14)6-19(20)13-3-16-9-33-10-17(4-13)31(16)18-11-34-12-18/h5-8,13,15-18H,1-4,9-12H2,(H,27,29,30). The molecule has 1 N–H and O–H groups in total. The highest BCUT2D eigenvalue weighted by molar-refractivity contribution is 6.32. The van der Waals surface area contributed by atoms with Gasteiger partial charge in [-0.3, -0.25) is 4.90 Å². The monoisotopic (exact) mass is 500 g/mol. The Kier molecular flexibility index (Phi) is 5.21. The van der Waals surface area contributed by atoms with E-state index in [2.05, 4.69) is 26.4 Å². The van der Waals surface area contributed by atoms with Crippen molar-refractivity contribution in [2.75, 3.05) is 31.7 Å². The van der Waals surface area contributed by atoms with Crippen LogP contribution in [0.15, 0.2) is 24.5 Å². The zero-order valence-electron chi connectivity index (χ0n) is 18.7. The molecule has 5 heterocycles. The molecule has 2 unspecified atom stereocenters. The lowest BCUT2D eigenvalue weighted by atomic mass is 9.79. The van der Waals surface area contributed by atoms with Gasteiger partial charge in [-0.15, -0.1) is 0 Å². The number of aromatic nitrogens is 4. The number of hydrogen-bond acceptors (Lipinski definition) is 7. The summed E-state index contributed by atoms with van der Waals surface area (Å²) in [4.78, 5) is 11.9. The van der Waals surface area contributed by atoms with Crippen molar-refractivity contribution < 1.29 is 9.47 Å². The highest BCUT2D eigenvalue weighted by atomic mass is 35.5. The Labute approximate surface area is 207 Å². The molecule has 8 nitrogen and oxygen atoms in total. The first kappa shape index (κ1) is 21.3. The van der Waals surface area contributed by atoms with Crippen LogP contribution in [0.4, 0.5) is 11.6 Å². The first-order chi connectivity index (χ1) is 16.6. The molecule has 3 aromatic rings. The topological polar surface area (TPSA) is 77.3 Å². The summed E-state index contributed by atoms with van der Waals surface area (Å²) in [5, 5.41) is 9.95. The number of morpholine rings is 1. The van der Waals surface area contributed by atoms with Crippen molar-refractivity contribution in [1.82, 2.24) is 24.6 Å². The summed E-state index contributed by atoms with van der Waals surface area (Å²) < 4.78 is 13.2. The number of rotatable bonds is 5. The van der Waals surface area contributed by atoms with E-state index in [9.17, 15) is 0 Å². The van der Waals surface area contributed by atoms with Crippen LogP contribution in [0.3, 0.4) is 0 Å². The van der Waals surface area contributed by atoms with Gasteiger partial charge in [-0.25, -0.2) is 14.6 Å². The van der Waals surface area contributed by atoms with E-state index in [1.54, 1.807) is 12.4 Å². The quantitative estimate of drug-likeness (QED) is 0.550. The number of nitrogens with one attached hydrogen (secondary N) is 1. The summed E-state index contributed by atoms with van der Waals surface area (Å²) >= 11 is 13.3. The van der Waals surface area contributed by atoms with Crippen LogP contribution in [0, 0.1) is 0 Å². The number of hydrogen-bond donors (Lipinski definition) is 1. The Morgan fingerprint density at radius 2 is 1.65 bits per heavy atom. The number of ether oxygens (including phenoxy) is 2. The average Bonchev–Trinajstić information content (AvgIpc) is 3.56. The molecule has 3 aliphatic heterocycles. The van der Waals surface area contributed by atoms with Crippen molar-refractivity contribution >= 4 is 45.7 Å². The molecule has 4 aliphatic rings. The van der Waals surface area contributed by atoms with E-state index < -0.39 is 0 Å². The van der Waals surface area contributed by atoms with Crippen LogP contribution in [0.5, 0.6) is 0 Å². The maximum atomic E-state index is 6.79. The van der Waals surface area contributed by atoms with Crippen molar-refractivity contribution in [2.24, 2.45) is 0 Å². The highest BCUT2D eigenvalue weighted by Crippen LogP contribution is 2.43. The van der Waals surface area contributed by atoms with E-state index >= 15 is 0 Å². The van der Waals surface area contributed by atoms with Crippen LogP contribution in [0.1, 0.15) is 43.2 Å². The molecule has 0 spiro atoms. The molecule has 1 aliphatic carbocycles. The van der Waals surface area contributed by atoms with Crippen LogP contribution in [0.25, 0.3) is 10.9 Å². The molecular weight excluding hydrogens is 475 g/mol. The van der Waals surface area contributed by atoms with Gasteiger partial charge in [0.2, 0.25) is 5.95 Å². The molecule has 3 saturated heterocycles. The van der Waals surface area contributed by atoms with Gasteiger partial charge in [-0.2, -0.15) is 5.10 Å². The Morgan fingerprint density at radius 1 is 0.912 bits per heavy atom. The van der Waals surface area contributed by atoms with Crippen molar-refractivity contribution in [1.29, 1.82) is 0 Å². The fraction of sp³-hybridized carbons (Fsp3) is 0.542. The molecule has 10 heteroatoms. The molecule has 1 aromatic carbocycles. The second kappa shape index (κ2) is 8.31. The minimum absolute atomic E-state index is 0.380. The Morgan fingerprint density at radius 3 is 2.35 bits per heavy atom. The smallest absolute Gasteiger partial charge is 0.227 e. The number of halogens is 2. The molecule has 4 fully saturated rings. The molecule has 0 amide bonds. The highest BCUT2D eigenvalue weighted by Gasteiger charge is 2.45. The van der Waals surface area contributed by atoms with E-state index in [1.807, 2.05) is 10.7 Å². The maximum Gasteiger partial charge on any atom is 0.227 e. The minimum atomic E-state index is 0.380. The summed E-state index contributed by atoms with van der Waals surface area (Å²) in [6, 6.07) is 5.90. The Bertz CT molecular complexity index is 1230. The number of fused-ring (bicyclic) bond motifs is 3. The SMILES string of the molecule is Clc1cc2cnc(Nc3cnn(C4CC4)c3Cl)nc2cc1C1CC2COCC(C1)N2C1COC1. The summed E-state index contributed by atoms with van der Waals surface area (Å²) in [5.74, 6) is 0.883. The predicted molar refractivity (Wildman–Crippen MR) is 130 cm³/mol. The number of piperidine rings is 1. The van der Waals surface area contributed by atoms with Gasteiger partial charge in [0.1, 0.15) is 0 Å². The van der Waals surface area contributed by atoms with Gasteiger partial charge >= 0.3 is 0 Å². The minimum Gasteiger partial charge on any atom is -0.378 e. The molecule has 2 aromatic heterocycles. The lowest BCUT2D eigenvalue weighted by Gasteiger charge is -2.53. The number of anilines is 2. The predicted octanol–water partition coefficient (Wildman–Crippen LogP) is 4.56. The van der Waals surface area contributed by atoms with Gasteiger partial charge in [0.05, 0.1) is 55.9 Å². The zero-order valence-corrected chi connectivity index (χ0v) is 20.2. The zero-order chi connectivity index (χ0) is 22.8. The van der Waals surface area contributed by atoms with E-state index in [0.29, 0.717) is 41.2 Å². The molecule has 34 heavy (non-hydrogen) atoms. The Hall–Kier alpha value is -1.97. The van der Waals surface area contributed by atoms with Gasteiger partial charge in [0.25, 0.3) is 0 Å². The van der Waals surface area contributed by atoms with Crippen molar-refractivity contribution in [3.63, 3.8) is 0 Å². The second-order valence-corrected chi connectivity index (χ2v) is 10.7. The molecular formula is C24H26Cl2N6O2. The maximum absolute atomic E-state index is 6.79. The number of nitrogens with zero attached hydrogens (tertiary/aromatic N) is 5. The lowest BCUT2D eigenvalue weighted by molar-refractivity contribution is -0.159. The second-order valence-electron chi connectivity index (χ2n) is 9.93. The van der Waals surface area contributed by atoms with Gasteiger partial charge in [0.15, 0.2) is 5.15 Å². The summed E-state index contributed by atoms with van der Waals surface area (Å²) in [7, 11) is 0. The van der Waals surface area contributed by atoms with E-state index in [0.717, 1.165) is 73.7 Å². The van der Waals surface area contributed by atoms with Crippen molar-refractivity contribution in [2.45, 2.75) is 55.8 Å². The fourth-order valence-corrected chi connectivity index (χ4v) is 6.36. The summed E-state index contributed by atoms with van der Waals surface area (Å²) in [5.41, 5.74) is 2.76. The molecule has 2 bridgehead atoms. The van der Waals surface area contributed by atoms with Gasteiger partial charge < -0.3 is 14.8 Å². The average molecular weight is 501 g/mol. The lowest BCUT2D eigenvalue weighted by Crippen LogP contribution is -2.64. The van der Waals surface area contributed by atoms with Gasteiger partial charge in [-0.1, -0.05) is 23.2 Å². The van der Waals surface area contributed by atoms with Crippen molar-refractivity contribution in [3.8, 4) is 0 Å². The van der Waals surface area contributed by atoms with Crippen LogP contribution < -0.4 is 5.32 Å². The summed E-state index contributed by atoms with van der Waals surface area (Å²) in [6.07, 6.45) is 7.86. The van der Waals surface area contributed by atoms with Crippen LogP contribution >= 0.6 is 23.2 Å². The van der Waals surface area contributed by atoms with Crippen molar-refractivity contribution in [3.05, 3.63) is 40.3 Å².